The third kappa shape index (κ3) is 22.3. The van der Waals surface area contributed by atoms with Crippen molar-refractivity contribution in [2.45, 2.75) is 152 Å². The minimum absolute atomic E-state index is 0.135. The molecule has 296 valence electrons. The molecule has 8 nitrogen and oxygen atoms in total. The molecule has 0 N–H and O–H groups in total. The molecular formula is C44H66O8S. The molecule has 0 aliphatic heterocycles. The predicted octanol–water partition coefficient (Wildman–Crippen LogP) is 11.3. The van der Waals surface area contributed by atoms with E-state index in [-0.39, 0.29) is 48.2 Å². The summed E-state index contributed by atoms with van der Waals surface area (Å²) in [5.41, 5.74) is 0. The van der Waals surface area contributed by atoms with Crippen molar-refractivity contribution in [1.29, 1.82) is 0 Å². The van der Waals surface area contributed by atoms with Gasteiger partial charge in [0, 0.05) is 12.8 Å². The summed E-state index contributed by atoms with van der Waals surface area (Å²) >= 11 is 0. The van der Waals surface area contributed by atoms with Crippen molar-refractivity contribution in [1.82, 2.24) is 0 Å². The molecule has 0 aliphatic carbocycles. The fraction of sp³-hybridized carbons (Fsp3) is 0.591. The van der Waals surface area contributed by atoms with E-state index in [1.54, 1.807) is 24.3 Å². The smallest absolute Gasteiger partial charge is 0.305 e. The first-order valence-corrected chi connectivity index (χ1v) is 21.7. The Bertz CT molecular complexity index is 1300. The molecule has 0 aliphatic rings. The van der Waals surface area contributed by atoms with Gasteiger partial charge in [0.2, 0.25) is 9.84 Å². The summed E-state index contributed by atoms with van der Waals surface area (Å²) < 4.78 is 48.2. The fourth-order valence-electron chi connectivity index (χ4n) is 5.62. The van der Waals surface area contributed by atoms with Crippen LogP contribution in [0.3, 0.4) is 0 Å². The normalized spacial score (nSPS) is 11.7. The lowest BCUT2D eigenvalue weighted by atomic mass is 10.1. The van der Waals surface area contributed by atoms with Crippen molar-refractivity contribution in [3.8, 4) is 11.5 Å². The van der Waals surface area contributed by atoms with Gasteiger partial charge < -0.3 is 18.9 Å². The van der Waals surface area contributed by atoms with Gasteiger partial charge in [0.1, 0.15) is 37.9 Å². The SMILES string of the molecule is CCC/C=C/CCCCCCCCC(=O)OCCOc1ccc(S(=O)(=O)c2ccc(OCCOC(=O)CCCCCCCC/C=C/CCC)cc2)cc1. The molecular weight excluding hydrogens is 689 g/mol. The molecule has 0 radical (unpaired) electrons. The molecule has 0 fully saturated rings. The largest absolute Gasteiger partial charge is 0.490 e. The number of carbonyl (C=O) groups excluding carboxylic acids is 2. The zero-order chi connectivity index (χ0) is 38.2. The Kier molecular flexibility index (Phi) is 25.6. The number of benzene rings is 2. The van der Waals surface area contributed by atoms with E-state index in [4.69, 9.17) is 18.9 Å². The topological polar surface area (TPSA) is 105 Å². The summed E-state index contributed by atoms with van der Waals surface area (Å²) in [5, 5.41) is 0. The van der Waals surface area contributed by atoms with Gasteiger partial charge in [0.25, 0.3) is 0 Å². The van der Waals surface area contributed by atoms with E-state index in [1.165, 1.54) is 88.5 Å². The lowest BCUT2D eigenvalue weighted by molar-refractivity contribution is -0.145. The second kappa shape index (κ2) is 29.8. The third-order valence-corrected chi connectivity index (χ3v) is 10.5. The van der Waals surface area contributed by atoms with Gasteiger partial charge in [-0.15, -0.1) is 0 Å². The molecule has 0 unspecified atom stereocenters. The Morgan fingerprint density at radius 3 is 1.19 bits per heavy atom. The highest BCUT2D eigenvalue weighted by atomic mass is 32.2. The van der Waals surface area contributed by atoms with Gasteiger partial charge in [0.15, 0.2) is 0 Å². The van der Waals surface area contributed by atoms with Crippen LogP contribution in [0.15, 0.2) is 82.6 Å². The van der Waals surface area contributed by atoms with Gasteiger partial charge in [-0.3, -0.25) is 9.59 Å². The van der Waals surface area contributed by atoms with Gasteiger partial charge in [-0.25, -0.2) is 8.42 Å². The Morgan fingerprint density at radius 1 is 0.472 bits per heavy atom. The quantitative estimate of drug-likeness (QED) is 0.0413. The molecule has 0 heterocycles. The number of allylic oxidation sites excluding steroid dienone is 4. The molecule has 0 bridgehead atoms. The minimum Gasteiger partial charge on any atom is -0.490 e. The van der Waals surface area contributed by atoms with Crippen LogP contribution in [-0.2, 0) is 28.9 Å². The Labute approximate surface area is 320 Å². The Hall–Kier alpha value is -3.59. The molecule has 0 spiro atoms. The molecule has 2 aromatic carbocycles. The van der Waals surface area contributed by atoms with Crippen molar-refractivity contribution < 1.29 is 37.0 Å². The third-order valence-electron chi connectivity index (χ3n) is 8.75. The number of sulfone groups is 1. The van der Waals surface area contributed by atoms with E-state index in [0.717, 1.165) is 51.4 Å². The van der Waals surface area contributed by atoms with Crippen LogP contribution in [0.2, 0.25) is 0 Å². The zero-order valence-corrected chi connectivity index (χ0v) is 33.4. The lowest BCUT2D eigenvalue weighted by Gasteiger charge is -2.10. The van der Waals surface area contributed by atoms with Gasteiger partial charge >= 0.3 is 11.9 Å². The monoisotopic (exact) mass is 754 g/mol. The second-order valence-electron chi connectivity index (χ2n) is 13.4. The number of carbonyl (C=O) groups is 2. The first-order chi connectivity index (χ1) is 25.9. The van der Waals surface area contributed by atoms with E-state index < -0.39 is 9.84 Å². The molecule has 2 aromatic rings. The van der Waals surface area contributed by atoms with Crippen molar-refractivity contribution >= 4 is 21.8 Å². The maximum absolute atomic E-state index is 13.2. The average Bonchev–Trinajstić information content (AvgIpc) is 3.16. The molecule has 0 amide bonds. The summed E-state index contributed by atoms with van der Waals surface area (Å²) in [6.07, 6.45) is 30.3. The van der Waals surface area contributed by atoms with Gasteiger partial charge in [-0.05, 0) is 99.9 Å². The molecule has 0 saturated carbocycles. The standard InChI is InChI=1S/C44H66O8S/c1-3-5-7-9-11-13-15-17-19-21-23-25-43(45)51-37-35-49-39-27-31-41(32-28-39)53(47,48)42-33-29-40(30-34-42)50-36-38-52-44(46)26-24-22-20-18-16-14-12-10-8-6-4-2/h7-10,27-34H,3-6,11-26,35-38H2,1-2H3/b9-7+,10-8+. The maximum atomic E-state index is 13.2. The van der Waals surface area contributed by atoms with Crippen LogP contribution in [0.1, 0.15) is 142 Å². The van der Waals surface area contributed by atoms with Crippen LogP contribution < -0.4 is 9.47 Å². The highest BCUT2D eigenvalue weighted by molar-refractivity contribution is 7.91. The van der Waals surface area contributed by atoms with Crippen molar-refractivity contribution in [3.05, 3.63) is 72.8 Å². The maximum Gasteiger partial charge on any atom is 0.305 e. The van der Waals surface area contributed by atoms with Crippen LogP contribution in [-0.4, -0.2) is 46.8 Å². The van der Waals surface area contributed by atoms with E-state index in [9.17, 15) is 18.0 Å². The molecule has 0 aromatic heterocycles. The van der Waals surface area contributed by atoms with Crippen molar-refractivity contribution in [2.75, 3.05) is 26.4 Å². The van der Waals surface area contributed by atoms with Crippen LogP contribution in [0.25, 0.3) is 0 Å². The first-order valence-electron chi connectivity index (χ1n) is 20.2. The minimum atomic E-state index is -3.75. The van der Waals surface area contributed by atoms with Gasteiger partial charge in [-0.2, -0.15) is 0 Å². The summed E-state index contributed by atoms with van der Waals surface area (Å²) in [6, 6.07) is 12.3. The van der Waals surface area contributed by atoms with E-state index in [0.29, 0.717) is 24.3 Å². The van der Waals surface area contributed by atoms with Crippen LogP contribution >= 0.6 is 0 Å². The Balaban J connectivity index is 1.55. The number of rotatable bonds is 32. The van der Waals surface area contributed by atoms with E-state index >= 15 is 0 Å². The van der Waals surface area contributed by atoms with Crippen molar-refractivity contribution in [3.63, 3.8) is 0 Å². The lowest BCUT2D eigenvalue weighted by Crippen LogP contribution is -2.12. The number of hydrogen-bond acceptors (Lipinski definition) is 8. The summed E-state index contributed by atoms with van der Waals surface area (Å²) in [6.45, 7) is 5.02. The zero-order valence-electron chi connectivity index (χ0n) is 32.6. The van der Waals surface area contributed by atoms with Crippen LogP contribution in [0, 0.1) is 0 Å². The Morgan fingerprint density at radius 2 is 0.811 bits per heavy atom. The molecule has 0 atom stereocenters. The molecule has 2 rings (SSSR count). The molecule has 53 heavy (non-hydrogen) atoms. The number of hydrogen-bond donors (Lipinski definition) is 0. The predicted molar refractivity (Wildman–Crippen MR) is 213 cm³/mol. The van der Waals surface area contributed by atoms with Crippen LogP contribution in [0.4, 0.5) is 0 Å². The van der Waals surface area contributed by atoms with Crippen LogP contribution in [0.5, 0.6) is 11.5 Å². The number of esters is 2. The van der Waals surface area contributed by atoms with Crippen molar-refractivity contribution in [2.24, 2.45) is 0 Å². The first kappa shape index (κ1) is 45.6. The van der Waals surface area contributed by atoms with E-state index in [2.05, 4.69) is 38.2 Å². The highest BCUT2D eigenvalue weighted by Crippen LogP contribution is 2.25. The summed E-state index contributed by atoms with van der Waals surface area (Å²) in [4.78, 5) is 24.3. The molecule has 9 heteroatoms. The number of ether oxygens (including phenoxy) is 4. The number of unbranched alkanes of at least 4 members (excludes halogenated alkanes) is 14. The highest BCUT2D eigenvalue weighted by Gasteiger charge is 2.18. The van der Waals surface area contributed by atoms with E-state index in [1.807, 2.05) is 0 Å². The average molecular weight is 755 g/mol. The second-order valence-corrected chi connectivity index (χ2v) is 15.4. The van der Waals surface area contributed by atoms with Gasteiger partial charge in [0.05, 0.1) is 9.79 Å². The van der Waals surface area contributed by atoms with Gasteiger partial charge in [-0.1, -0.05) is 102 Å². The molecule has 0 saturated heterocycles. The summed E-state index contributed by atoms with van der Waals surface area (Å²) in [5.74, 6) is 0.531. The summed E-state index contributed by atoms with van der Waals surface area (Å²) in [7, 11) is -3.75. The fourth-order valence-corrected chi connectivity index (χ4v) is 6.88.